The molecule has 2 aliphatic heterocycles. The largest absolute Gasteiger partial charge is 0.353 e. The minimum Gasteiger partial charge on any atom is -0.353 e. The van der Waals surface area contributed by atoms with Crippen LogP contribution in [0, 0.1) is 0 Å². The third-order valence-electron chi connectivity index (χ3n) is 4.60. The fourth-order valence-electron chi connectivity index (χ4n) is 3.31. The van der Waals surface area contributed by atoms with Gasteiger partial charge in [-0.15, -0.1) is 0 Å². The summed E-state index contributed by atoms with van der Waals surface area (Å²) >= 11 is 0. The van der Waals surface area contributed by atoms with Crippen molar-refractivity contribution in [1.29, 1.82) is 0 Å². The Morgan fingerprint density at radius 2 is 1.82 bits per heavy atom. The van der Waals surface area contributed by atoms with E-state index in [9.17, 15) is 0 Å². The number of anilines is 1. The zero-order chi connectivity index (χ0) is 14.8. The smallest absolute Gasteiger partial charge is 0.151 e. The van der Waals surface area contributed by atoms with Gasteiger partial charge in [0.05, 0.1) is 12.2 Å². The zero-order valence-electron chi connectivity index (χ0n) is 12.9. The Morgan fingerprint density at radius 3 is 2.59 bits per heavy atom. The highest BCUT2D eigenvalue weighted by Gasteiger charge is 2.21. The minimum atomic E-state index is 0.945. The molecule has 1 N–H and O–H groups in total. The average Bonchev–Trinajstić information content (AvgIpc) is 3.00. The van der Waals surface area contributed by atoms with Crippen molar-refractivity contribution in [1.82, 2.24) is 20.0 Å². The number of hydrogen-bond acceptors (Lipinski definition) is 4. The van der Waals surface area contributed by atoms with E-state index in [1.54, 1.807) is 0 Å². The standard InChI is InChI=1S/C17H23N5/c1-2-4-15(5-3-1)14-20-8-10-21(11-9-20)17-12-16-13-18-6-7-22(16)19-17/h1-5,12,18H,6-11,13-14H2. The van der Waals surface area contributed by atoms with E-state index in [-0.39, 0.29) is 0 Å². The highest BCUT2D eigenvalue weighted by Crippen LogP contribution is 2.19. The van der Waals surface area contributed by atoms with Gasteiger partial charge in [0.15, 0.2) is 5.82 Å². The Labute approximate surface area is 131 Å². The van der Waals surface area contributed by atoms with Gasteiger partial charge in [0.25, 0.3) is 0 Å². The molecule has 5 nitrogen and oxygen atoms in total. The maximum absolute atomic E-state index is 4.77. The predicted octanol–water partition coefficient (Wildman–Crippen LogP) is 1.31. The Hall–Kier alpha value is -1.85. The van der Waals surface area contributed by atoms with Gasteiger partial charge in [0.1, 0.15) is 0 Å². The number of rotatable bonds is 3. The molecule has 1 saturated heterocycles. The lowest BCUT2D eigenvalue weighted by molar-refractivity contribution is 0.249. The molecule has 0 bridgehead atoms. The topological polar surface area (TPSA) is 36.3 Å². The van der Waals surface area contributed by atoms with Crippen LogP contribution in [0.4, 0.5) is 5.82 Å². The minimum absolute atomic E-state index is 0.945. The van der Waals surface area contributed by atoms with E-state index in [1.807, 2.05) is 0 Å². The molecule has 0 radical (unpaired) electrons. The van der Waals surface area contributed by atoms with Crippen molar-refractivity contribution in [2.24, 2.45) is 0 Å². The van der Waals surface area contributed by atoms with Crippen LogP contribution in [0.25, 0.3) is 0 Å². The van der Waals surface area contributed by atoms with Gasteiger partial charge < -0.3 is 10.2 Å². The Kier molecular flexibility index (Phi) is 3.83. The van der Waals surface area contributed by atoms with E-state index in [0.29, 0.717) is 0 Å². The van der Waals surface area contributed by atoms with Gasteiger partial charge in [-0.3, -0.25) is 9.58 Å². The van der Waals surface area contributed by atoms with Crippen LogP contribution in [0.5, 0.6) is 0 Å². The van der Waals surface area contributed by atoms with E-state index < -0.39 is 0 Å². The lowest BCUT2D eigenvalue weighted by atomic mass is 10.2. The molecule has 0 amide bonds. The van der Waals surface area contributed by atoms with Crippen molar-refractivity contribution >= 4 is 5.82 Å². The summed E-state index contributed by atoms with van der Waals surface area (Å²) in [6, 6.07) is 13.0. The molecule has 22 heavy (non-hydrogen) atoms. The van der Waals surface area contributed by atoms with Gasteiger partial charge >= 0.3 is 0 Å². The van der Waals surface area contributed by atoms with Crippen LogP contribution in [-0.4, -0.2) is 47.4 Å². The third kappa shape index (κ3) is 2.87. The van der Waals surface area contributed by atoms with Gasteiger partial charge in [-0.25, -0.2) is 0 Å². The maximum atomic E-state index is 4.77. The van der Waals surface area contributed by atoms with Crippen molar-refractivity contribution in [3.63, 3.8) is 0 Å². The SMILES string of the molecule is c1ccc(CN2CCN(c3cc4n(n3)CCNC4)CC2)cc1. The Bertz CT molecular complexity index is 590. The van der Waals surface area contributed by atoms with Crippen molar-refractivity contribution < 1.29 is 0 Å². The second-order valence-corrected chi connectivity index (χ2v) is 6.14. The number of fused-ring (bicyclic) bond motifs is 1. The summed E-state index contributed by atoms with van der Waals surface area (Å²) in [7, 11) is 0. The van der Waals surface area contributed by atoms with Crippen LogP contribution in [-0.2, 0) is 19.6 Å². The molecule has 3 heterocycles. The third-order valence-corrected chi connectivity index (χ3v) is 4.60. The quantitative estimate of drug-likeness (QED) is 0.927. The first kappa shape index (κ1) is 13.8. The zero-order valence-corrected chi connectivity index (χ0v) is 12.9. The molecule has 5 heteroatoms. The van der Waals surface area contributed by atoms with Crippen LogP contribution < -0.4 is 10.2 Å². The molecule has 0 aliphatic carbocycles. The molecule has 2 aliphatic rings. The molecule has 1 aromatic carbocycles. The molecule has 0 spiro atoms. The average molecular weight is 297 g/mol. The van der Waals surface area contributed by atoms with Gasteiger partial charge in [0.2, 0.25) is 0 Å². The molecule has 0 saturated carbocycles. The number of hydrogen-bond donors (Lipinski definition) is 1. The maximum Gasteiger partial charge on any atom is 0.151 e. The first-order valence-corrected chi connectivity index (χ1v) is 8.17. The summed E-state index contributed by atoms with van der Waals surface area (Å²) in [5, 5.41) is 8.17. The van der Waals surface area contributed by atoms with E-state index >= 15 is 0 Å². The monoisotopic (exact) mass is 297 g/mol. The number of nitrogens with one attached hydrogen (secondary N) is 1. The number of nitrogens with zero attached hydrogens (tertiary/aromatic N) is 4. The van der Waals surface area contributed by atoms with Crippen molar-refractivity contribution in [2.75, 3.05) is 37.6 Å². The summed E-state index contributed by atoms with van der Waals surface area (Å²) in [4.78, 5) is 4.95. The number of benzene rings is 1. The highest BCUT2D eigenvalue weighted by molar-refractivity contribution is 5.40. The van der Waals surface area contributed by atoms with Gasteiger partial charge in [-0.05, 0) is 5.56 Å². The lowest BCUT2D eigenvalue weighted by Gasteiger charge is -2.34. The molecular formula is C17H23N5. The molecular weight excluding hydrogens is 274 g/mol. The van der Waals surface area contributed by atoms with Gasteiger partial charge in [0, 0.05) is 51.9 Å². The summed E-state index contributed by atoms with van der Waals surface area (Å²) < 4.78 is 2.15. The van der Waals surface area contributed by atoms with Crippen molar-refractivity contribution in [3.8, 4) is 0 Å². The Morgan fingerprint density at radius 1 is 1.00 bits per heavy atom. The first-order chi connectivity index (χ1) is 10.9. The fourth-order valence-corrected chi connectivity index (χ4v) is 3.31. The molecule has 1 fully saturated rings. The summed E-state index contributed by atoms with van der Waals surface area (Å²) in [6.07, 6.45) is 0. The van der Waals surface area contributed by atoms with E-state index in [0.717, 1.165) is 58.2 Å². The predicted molar refractivity (Wildman–Crippen MR) is 87.9 cm³/mol. The van der Waals surface area contributed by atoms with Gasteiger partial charge in [-0.1, -0.05) is 30.3 Å². The normalized spacial score (nSPS) is 19.2. The molecule has 116 valence electrons. The second-order valence-electron chi connectivity index (χ2n) is 6.14. The molecule has 0 unspecified atom stereocenters. The van der Waals surface area contributed by atoms with Crippen molar-refractivity contribution in [3.05, 3.63) is 47.7 Å². The Balaban J connectivity index is 1.36. The fraction of sp³-hybridized carbons (Fsp3) is 0.471. The molecule has 4 rings (SSSR count). The van der Waals surface area contributed by atoms with Crippen LogP contribution in [0.15, 0.2) is 36.4 Å². The van der Waals surface area contributed by atoms with E-state index in [2.05, 4.69) is 56.2 Å². The molecule has 0 atom stereocenters. The van der Waals surface area contributed by atoms with Gasteiger partial charge in [-0.2, -0.15) is 5.10 Å². The lowest BCUT2D eigenvalue weighted by Crippen LogP contribution is -2.46. The van der Waals surface area contributed by atoms with Crippen molar-refractivity contribution in [2.45, 2.75) is 19.6 Å². The number of piperazine rings is 1. The van der Waals surface area contributed by atoms with Crippen LogP contribution in [0.2, 0.25) is 0 Å². The molecule has 1 aromatic heterocycles. The number of aromatic nitrogens is 2. The summed E-state index contributed by atoms with van der Waals surface area (Å²) in [5.74, 6) is 1.15. The molecule has 2 aromatic rings. The summed E-state index contributed by atoms with van der Waals surface area (Å²) in [6.45, 7) is 8.36. The second kappa shape index (κ2) is 6.10. The van der Waals surface area contributed by atoms with E-state index in [4.69, 9.17) is 5.10 Å². The first-order valence-electron chi connectivity index (χ1n) is 8.17. The van der Waals surface area contributed by atoms with Crippen LogP contribution >= 0.6 is 0 Å². The van der Waals surface area contributed by atoms with Crippen LogP contribution in [0.3, 0.4) is 0 Å². The summed E-state index contributed by atoms with van der Waals surface area (Å²) in [5.41, 5.74) is 2.72. The highest BCUT2D eigenvalue weighted by atomic mass is 15.4. The van der Waals surface area contributed by atoms with E-state index in [1.165, 1.54) is 11.3 Å². The van der Waals surface area contributed by atoms with Crippen LogP contribution in [0.1, 0.15) is 11.3 Å².